The van der Waals surface area contributed by atoms with Gasteiger partial charge in [0.15, 0.2) is 0 Å². The molecule has 0 radical (unpaired) electrons. The zero-order chi connectivity index (χ0) is 47.5. The van der Waals surface area contributed by atoms with Crippen molar-refractivity contribution in [3.63, 3.8) is 0 Å². The molecular weight excluding hydrogens is 855 g/mol. The highest BCUT2D eigenvalue weighted by atomic mass is 16.4. The minimum atomic E-state index is -1.70. The van der Waals surface area contributed by atoms with Crippen LogP contribution in [0.3, 0.4) is 0 Å². The first kappa shape index (κ1) is 48.3. The fourth-order valence-electron chi connectivity index (χ4n) is 8.00. The summed E-state index contributed by atoms with van der Waals surface area (Å²) in [5, 5.41) is 54.7. The van der Waals surface area contributed by atoms with Gasteiger partial charge in [0.2, 0.25) is 35.4 Å². The fourth-order valence-corrected chi connectivity index (χ4v) is 8.00. The molecule has 6 amide bonds. The van der Waals surface area contributed by atoms with Crippen LogP contribution in [0.2, 0.25) is 0 Å². The maximum atomic E-state index is 14.3. The molecule has 6 rings (SSSR count). The molecule has 350 valence electrons. The van der Waals surface area contributed by atoms with E-state index >= 15 is 0 Å². The van der Waals surface area contributed by atoms with Crippen molar-refractivity contribution in [3.8, 4) is 0 Å². The van der Waals surface area contributed by atoms with Gasteiger partial charge < -0.3 is 67.6 Å². The Bertz CT molecular complexity index is 2530. The number of aliphatic carboxylic acids is 1. The van der Waals surface area contributed by atoms with Crippen LogP contribution < -0.4 is 32.3 Å². The number of carbonyl (C=O) groups is 7. The monoisotopic (exact) mass is 909 g/mol. The van der Waals surface area contributed by atoms with Gasteiger partial charge in [-0.25, -0.2) is 4.79 Å². The predicted molar refractivity (Wildman–Crippen MR) is 240 cm³/mol. The normalized spacial score (nSPS) is 16.9. The summed E-state index contributed by atoms with van der Waals surface area (Å²) in [5.74, 6) is -6.56. The number of fused-ring (bicyclic) bond motifs is 2. The van der Waals surface area contributed by atoms with Crippen LogP contribution in [-0.4, -0.2) is 145 Å². The van der Waals surface area contributed by atoms with Crippen molar-refractivity contribution in [2.24, 2.45) is 5.73 Å². The Morgan fingerprint density at radius 1 is 0.652 bits per heavy atom. The number of aromatic amines is 2. The van der Waals surface area contributed by atoms with E-state index in [2.05, 4.69) is 36.6 Å². The van der Waals surface area contributed by atoms with Crippen molar-refractivity contribution in [1.82, 2.24) is 41.5 Å². The molecule has 2 aromatic heterocycles. The number of hydrogen-bond donors (Lipinski definition) is 12. The maximum Gasteiger partial charge on any atom is 0.326 e. The average Bonchev–Trinajstić information content (AvgIpc) is 4.08. The van der Waals surface area contributed by atoms with Crippen LogP contribution in [0.25, 0.3) is 21.8 Å². The van der Waals surface area contributed by atoms with Gasteiger partial charge in [-0.15, -0.1) is 0 Å². The van der Waals surface area contributed by atoms with Gasteiger partial charge in [-0.1, -0.05) is 66.7 Å². The van der Waals surface area contributed by atoms with Gasteiger partial charge in [-0.3, -0.25) is 28.8 Å². The number of carboxylic acid groups (broad SMARTS) is 1. The molecule has 20 heteroatoms. The van der Waals surface area contributed by atoms with E-state index in [4.69, 9.17) is 5.73 Å². The largest absolute Gasteiger partial charge is 0.480 e. The van der Waals surface area contributed by atoms with Gasteiger partial charge >= 0.3 is 5.97 Å². The molecule has 1 fully saturated rings. The van der Waals surface area contributed by atoms with E-state index in [0.717, 1.165) is 26.7 Å². The maximum absolute atomic E-state index is 14.3. The second kappa shape index (κ2) is 22.2. The van der Waals surface area contributed by atoms with E-state index in [1.54, 1.807) is 54.9 Å². The van der Waals surface area contributed by atoms with Crippen molar-refractivity contribution >= 4 is 63.2 Å². The third-order valence-electron chi connectivity index (χ3n) is 11.6. The average molecular weight is 910 g/mol. The van der Waals surface area contributed by atoms with Crippen molar-refractivity contribution in [3.05, 3.63) is 108 Å². The standard InChI is InChI=1S/C46H55N9O11/c1-25(58)39(45(64)55-17-9-16-38(55)46(65)66)54-43(62)34(18-26-10-3-2-4-11-26)51-44(63)37(24-57)53-42(61)36(20-28-22-49-33-15-8-6-13-30(28)33)52-41(60)35(50-40(59)31(47)23-56)19-27-21-48-32-14-7-5-12-29(27)32/h2-8,10-15,21-22,25,31,34-39,48-49,56-58H,9,16-20,23-24,47H2,1H3,(H,50,59)(H,51,63)(H,52,60)(H,53,61)(H,54,62)(H,65,66). The number of aliphatic hydroxyl groups excluding tert-OH is 3. The molecule has 1 saturated heterocycles. The number of nitrogens with zero attached hydrogens (tertiary/aromatic N) is 1. The van der Waals surface area contributed by atoms with Crippen LogP contribution in [-0.2, 0) is 52.8 Å². The lowest BCUT2D eigenvalue weighted by Crippen LogP contribution is -2.62. The molecule has 3 aromatic carbocycles. The van der Waals surface area contributed by atoms with Crippen LogP contribution in [0.1, 0.15) is 36.5 Å². The minimum absolute atomic E-state index is 0.0621. The first-order valence-corrected chi connectivity index (χ1v) is 21.5. The van der Waals surface area contributed by atoms with Crippen LogP contribution in [0.15, 0.2) is 91.3 Å². The lowest BCUT2D eigenvalue weighted by atomic mass is 10.0. The number of para-hydroxylation sites is 2. The molecule has 0 aliphatic carbocycles. The summed E-state index contributed by atoms with van der Waals surface area (Å²) in [5.41, 5.74) is 9.13. The topological polar surface area (TPSA) is 321 Å². The molecule has 66 heavy (non-hydrogen) atoms. The second-order valence-electron chi connectivity index (χ2n) is 16.3. The van der Waals surface area contributed by atoms with Gasteiger partial charge in [-0.2, -0.15) is 0 Å². The number of hydrogen-bond acceptors (Lipinski definition) is 11. The predicted octanol–water partition coefficient (Wildman–Crippen LogP) is -1.13. The number of carbonyl (C=O) groups excluding carboxylic acids is 6. The summed E-state index contributed by atoms with van der Waals surface area (Å²) in [4.78, 5) is 102. The first-order valence-electron chi connectivity index (χ1n) is 21.5. The SMILES string of the molecule is CC(O)C(NC(=O)C(Cc1ccccc1)NC(=O)C(CO)NC(=O)C(Cc1c[nH]c2ccccc12)NC(=O)C(Cc1c[nH]c2ccccc12)NC(=O)C(N)CO)C(=O)N1CCCC1C(=O)O. The number of nitrogens with two attached hydrogens (primary N) is 1. The molecule has 3 heterocycles. The Balaban J connectivity index is 1.24. The van der Waals surface area contributed by atoms with Crippen LogP contribution in [0.4, 0.5) is 0 Å². The molecule has 1 aliphatic rings. The van der Waals surface area contributed by atoms with Crippen molar-refractivity contribution in [2.75, 3.05) is 19.8 Å². The lowest BCUT2D eigenvalue weighted by Gasteiger charge is -2.30. The molecule has 0 spiro atoms. The third-order valence-corrected chi connectivity index (χ3v) is 11.6. The van der Waals surface area contributed by atoms with Crippen molar-refractivity contribution in [2.45, 2.75) is 87.4 Å². The van der Waals surface area contributed by atoms with Gasteiger partial charge in [0, 0.05) is 60.0 Å². The Hall–Kier alpha value is -7.13. The summed E-state index contributed by atoms with van der Waals surface area (Å²) >= 11 is 0. The Morgan fingerprint density at radius 3 is 1.64 bits per heavy atom. The fraction of sp³-hybridized carbons (Fsp3) is 0.370. The lowest BCUT2D eigenvalue weighted by molar-refractivity contribution is -0.150. The first-order chi connectivity index (χ1) is 31.7. The zero-order valence-electron chi connectivity index (χ0n) is 36.1. The van der Waals surface area contributed by atoms with E-state index < -0.39 is 103 Å². The number of rotatable bonds is 21. The summed E-state index contributed by atoms with van der Waals surface area (Å²) in [6.07, 6.45) is 2.11. The number of aliphatic hydroxyl groups is 3. The molecule has 13 N–H and O–H groups in total. The van der Waals surface area contributed by atoms with E-state index in [1.807, 2.05) is 36.4 Å². The van der Waals surface area contributed by atoms with Gasteiger partial charge in [0.25, 0.3) is 0 Å². The molecule has 8 atom stereocenters. The number of amides is 6. The Kier molecular flexibility index (Phi) is 16.2. The molecule has 1 aliphatic heterocycles. The summed E-state index contributed by atoms with van der Waals surface area (Å²) < 4.78 is 0. The molecule has 0 bridgehead atoms. The Labute approximate surface area is 378 Å². The van der Waals surface area contributed by atoms with Crippen LogP contribution in [0, 0.1) is 0 Å². The highest BCUT2D eigenvalue weighted by Crippen LogP contribution is 2.22. The highest BCUT2D eigenvalue weighted by Gasteiger charge is 2.40. The number of nitrogens with one attached hydrogen (secondary N) is 7. The smallest absolute Gasteiger partial charge is 0.326 e. The van der Waals surface area contributed by atoms with Crippen LogP contribution >= 0.6 is 0 Å². The minimum Gasteiger partial charge on any atom is -0.480 e. The number of likely N-dealkylation sites (tertiary alicyclic amines) is 1. The summed E-state index contributed by atoms with van der Waals surface area (Å²) in [7, 11) is 0. The molecule has 20 nitrogen and oxygen atoms in total. The highest BCUT2D eigenvalue weighted by molar-refractivity contribution is 5.98. The van der Waals surface area contributed by atoms with E-state index in [-0.39, 0.29) is 32.2 Å². The van der Waals surface area contributed by atoms with Gasteiger partial charge in [-0.05, 0) is 48.6 Å². The van der Waals surface area contributed by atoms with E-state index in [0.29, 0.717) is 23.1 Å². The number of aromatic nitrogens is 2. The van der Waals surface area contributed by atoms with Crippen LogP contribution in [0.5, 0.6) is 0 Å². The molecule has 5 aromatic rings. The third kappa shape index (κ3) is 11.8. The summed E-state index contributed by atoms with van der Waals surface area (Å²) in [6, 6.07) is 13.0. The number of H-pyrrole nitrogens is 2. The van der Waals surface area contributed by atoms with Crippen molar-refractivity contribution in [1.29, 1.82) is 0 Å². The number of benzene rings is 3. The molecule has 0 saturated carbocycles. The number of carboxylic acids is 1. The van der Waals surface area contributed by atoms with Gasteiger partial charge in [0.1, 0.15) is 42.3 Å². The quantitative estimate of drug-likeness (QED) is 0.0416. The summed E-state index contributed by atoms with van der Waals surface area (Å²) in [6.45, 7) is -0.327. The van der Waals surface area contributed by atoms with E-state index in [1.165, 1.54) is 6.92 Å². The zero-order valence-corrected chi connectivity index (χ0v) is 36.1. The molecule has 8 unspecified atom stereocenters. The van der Waals surface area contributed by atoms with E-state index in [9.17, 15) is 54.0 Å². The van der Waals surface area contributed by atoms with Crippen molar-refractivity contribution < 1.29 is 54.0 Å². The van der Waals surface area contributed by atoms with Gasteiger partial charge in [0.05, 0.1) is 19.3 Å². The Morgan fingerprint density at radius 2 is 1.12 bits per heavy atom. The second-order valence-corrected chi connectivity index (χ2v) is 16.3. The molecular formula is C46H55N9O11.